The number of rotatable bonds is 6. The van der Waals surface area contributed by atoms with Gasteiger partial charge in [0.05, 0.1) is 23.2 Å². The van der Waals surface area contributed by atoms with E-state index in [9.17, 15) is 13.6 Å². The number of nitrogens with zero attached hydrogens (tertiary/aromatic N) is 3. The molecule has 4 N–H and O–H groups in total. The third kappa shape index (κ3) is 4.43. The van der Waals surface area contributed by atoms with Crippen molar-refractivity contribution in [2.45, 2.75) is 37.3 Å². The zero-order valence-corrected chi connectivity index (χ0v) is 18.3. The van der Waals surface area contributed by atoms with Crippen molar-refractivity contribution in [2.75, 3.05) is 24.3 Å². The second-order valence-electron chi connectivity index (χ2n) is 8.19. The van der Waals surface area contributed by atoms with Gasteiger partial charge in [-0.25, -0.2) is 18.2 Å². The molecule has 33 heavy (non-hydrogen) atoms. The Morgan fingerprint density at radius 2 is 2.06 bits per heavy atom. The van der Waals surface area contributed by atoms with E-state index in [1.54, 1.807) is 30.5 Å². The number of nitrogens with one attached hydrogen (secondary N) is 2. The van der Waals surface area contributed by atoms with Gasteiger partial charge in [-0.1, -0.05) is 6.07 Å². The molecule has 7 nitrogen and oxygen atoms in total. The molecular formula is C23H25F3N6O. The molecule has 4 rings (SSSR count). The third-order valence-electron chi connectivity index (χ3n) is 6.08. The Kier molecular flexibility index (Phi) is 6.11. The summed E-state index contributed by atoms with van der Waals surface area (Å²) < 4.78 is 44.0. The highest BCUT2D eigenvalue weighted by molar-refractivity contribution is 5.99. The van der Waals surface area contributed by atoms with Crippen LogP contribution >= 0.6 is 0 Å². The van der Waals surface area contributed by atoms with Crippen LogP contribution in [0.5, 0.6) is 0 Å². The fourth-order valence-corrected chi connectivity index (χ4v) is 4.43. The molecule has 2 unspecified atom stereocenters. The second kappa shape index (κ2) is 8.86. The average Bonchev–Trinajstić information content (AvgIpc) is 2.78. The summed E-state index contributed by atoms with van der Waals surface area (Å²) in [6.07, 6.45) is 2.19. The maximum absolute atomic E-state index is 15.0. The first kappa shape index (κ1) is 22.8. The van der Waals surface area contributed by atoms with E-state index in [2.05, 4.69) is 20.6 Å². The van der Waals surface area contributed by atoms with Gasteiger partial charge < -0.3 is 21.3 Å². The van der Waals surface area contributed by atoms with Crippen LogP contribution in [-0.4, -0.2) is 48.0 Å². The predicted molar refractivity (Wildman–Crippen MR) is 122 cm³/mol. The lowest BCUT2D eigenvalue weighted by Crippen LogP contribution is -2.59. The van der Waals surface area contributed by atoms with Gasteiger partial charge in [0, 0.05) is 30.7 Å². The number of hydrogen-bond donors (Lipinski definition) is 3. The Balaban J connectivity index is 1.72. The number of likely N-dealkylation sites (N-methyl/N-ethyl adjacent to an activating group) is 2. The number of primary amides is 1. The Morgan fingerprint density at radius 3 is 2.79 bits per heavy atom. The summed E-state index contributed by atoms with van der Waals surface area (Å²) in [5, 5.41) is 6.54. The third-order valence-corrected chi connectivity index (χ3v) is 6.08. The largest absolute Gasteiger partial charge is 0.365 e. The molecule has 10 heteroatoms. The van der Waals surface area contributed by atoms with Gasteiger partial charge in [-0.15, -0.1) is 0 Å². The Morgan fingerprint density at radius 1 is 1.27 bits per heavy atom. The number of alkyl halides is 2. The molecule has 0 saturated heterocycles. The van der Waals surface area contributed by atoms with Gasteiger partial charge in [0.2, 0.25) is 0 Å². The van der Waals surface area contributed by atoms with Crippen molar-refractivity contribution in [3.8, 4) is 0 Å². The molecule has 0 spiro atoms. The number of nitrogens with two attached hydrogens (primary N) is 1. The van der Waals surface area contributed by atoms with Crippen LogP contribution < -0.4 is 21.3 Å². The van der Waals surface area contributed by atoms with Crippen molar-refractivity contribution in [1.29, 1.82) is 0 Å². The highest BCUT2D eigenvalue weighted by atomic mass is 19.3. The number of anilines is 3. The van der Waals surface area contributed by atoms with Crippen LogP contribution in [0.2, 0.25) is 0 Å². The second-order valence-corrected chi connectivity index (χ2v) is 8.19. The smallest absolute Gasteiger partial charge is 0.265 e. The lowest BCUT2D eigenvalue weighted by atomic mass is 9.86. The van der Waals surface area contributed by atoms with E-state index in [1.807, 2.05) is 6.07 Å². The standard InChI is InChI=1S/C23H25F3N6O/c1-28-19-18(6-3-9-23(19,25)26)32(2)22-16(24)12-15(20(27)33)21(31-22)30-14-7-8-17-13(11-14)5-4-10-29-17/h4-5,7-8,10-12,18-19,28H,3,6,9H2,1-2H3,(H2,27,33)(H,30,31). The van der Waals surface area contributed by atoms with Crippen molar-refractivity contribution in [3.63, 3.8) is 0 Å². The predicted octanol–water partition coefficient (Wildman–Crippen LogP) is 3.82. The first-order valence-corrected chi connectivity index (χ1v) is 10.6. The number of carbonyl (C=O) groups excluding carboxylic acids is 1. The molecule has 174 valence electrons. The van der Waals surface area contributed by atoms with Crippen LogP contribution in [-0.2, 0) is 0 Å². The number of pyridine rings is 2. The first-order chi connectivity index (χ1) is 15.7. The number of benzene rings is 1. The van der Waals surface area contributed by atoms with Gasteiger partial charge in [-0.3, -0.25) is 9.78 Å². The van der Waals surface area contributed by atoms with E-state index >= 15 is 4.39 Å². The Hall–Kier alpha value is -3.40. The molecule has 1 aromatic carbocycles. The van der Waals surface area contributed by atoms with E-state index in [0.29, 0.717) is 18.5 Å². The summed E-state index contributed by atoms with van der Waals surface area (Å²) in [6.45, 7) is 0. The first-order valence-electron chi connectivity index (χ1n) is 10.6. The van der Waals surface area contributed by atoms with Crippen molar-refractivity contribution in [1.82, 2.24) is 15.3 Å². The lowest BCUT2D eigenvalue weighted by Gasteiger charge is -2.42. The maximum Gasteiger partial charge on any atom is 0.265 e. The SMILES string of the molecule is CNC1C(N(C)c2nc(Nc3ccc4ncccc4c3)c(C(N)=O)cc2F)CCCC1(F)F. The fraction of sp³-hybridized carbons (Fsp3) is 0.348. The van der Waals surface area contributed by atoms with Crippen LogP contribution in [0.15, 0.2) is 42.6 Å². The van der Waals surface area contributed by atoms with Crippen molar-refractivity contribution in [2.24, 2.45) is 5.73 Å². The number of aromatic nitrogens is 2. The Bertz CT molecular complexity index is 1190. The molecule has 1 amide bonds. The van der Waals surface area contributed by atoms with Crippen LogP contribution in [0, 0.1) is 5.82 Å². The summed E-state index contributed by atoms with van der Waals surface area (Å²) >= 11 is 0. The fourth-order valence-electron chi connectivity index (χ4n) is 4.43. The summed E-state index contributed by atoms with van der Waals surface area (Å²) in [4.78, 5) is 22.0. The number of fused-ring (bicyclic) bond motifs is 1. The summed E-state index contributed by atoms with van der Waals surface area (Å²) in [7, 11) is 2.99. The number of amides is 1. The van der Waals surface area contributed by atoms with Gasteiger partial charge in [0.1, 0.15) is 5.82 Å². The molecule has 0 aliphatic heterocycles. The summed E-state index contributed by atoms with van der Waals surface area (Å²) in [5.74, 6) is -4.72. The van der Waals surface area contributed by atoms with Crippen LogP contribution in [0.25, 0.3) is 10.9 Å². The summed E-state index contributed by atoms with van der Waals surface area (Å²) in [6, 6.07) is 8.13. The zero-order valence-electron chi connectivity index (χ0n) is 18.3. The van der Waals surface area contributed by atoms with Crippen molar-refractivity contribution < 1.29 is 18.0 Å². The molecule has 2 aromatic heterocycles. The molecule has 2 atom stereocenters. The van der Waals surface area contributed by atoms with Crippen LogP contribution in [0.1, 0.15) is 29.6 Å². The molecule has 3 aromatic rings. The van der Waals surface area contributed by atoms with E-state index < -0.39 is 29.7 Å². The lowest BCUT2D eigenvalue weighted by molar-refractivity contribution is -0.0685. The molecule has 1 aliphatic carbocycles. The number of carbonyl (C=O) groups is 1. The molecule has 0 bridgehead atoms. The minimum atomic E-state index is -2.93. The number of halogens is 3. The highest BCUT2D eigenvalue weighted by Crippen LogP contribution is 2.37. The molecule has 1 saturated carbocycles. The van der Waals surface area contributed by atoms with E-state index in [0.717, 1.165) is 17.0 Å². The summed E-state index contributed by atoms with van der Waals surface area (Å²) in [5.41, 5.74) is 6.68. The van der Waals surface area contributed by atoms with E-state index in [-0.39, 0.29) is 23.6 Å². The van der Waals surface area contributed by atoms with Crippen molar-refractivity contribution in [3.05, 3.63) is 54.0 Å². The van der Waals surface area contributed by atoms with Crippen LogP contribution in [0.4, 0.5) is 30.5 Å². The Labute approximate surface area is 189 Å². The van der Waals surface area contributed by atoms with E-state index in [1.165, 1.54) is 19.0 Å². The van der Waals surface area contributed by atoms with Crippen LogP contribution in [0.3, 0.4) is 0 Å². The quantitative estimate of drug-likeness (QED) is 0.520. The van der Waals surface area contributed by atoms with Gasteiger partial charge in [-0.05, 0) is 50.2 Å². The minimum absolute atomic E-state index is 0.0394. The normalized spacial score (nSPS) is 19.9. The van der Waals surface area contributed by atoms with Gasteiger partial charge in [-0.2, -0.15) is 0 Å². The molecule has 2 heterocycles. The topological polar surface area (TPSA) is 96.2 Å². The molecule has 1 aliphatic rings. The van der Waals surface area contributed by atoms with Gasteiger partial charge in [0.25, 0.3) is 11.8 Å². The maximum atomic E-state index is 15.0. The molecular weight excluding hydrogens is 433 g/mol. The highest BCUT2D eigenvalue weighted by Gasteiger charge is 2.48. The monoisotopic (exact) mass is 458 g/mol. The van der Waals surface area contributed by atoms with Crippen molar-refractivity contribution >= 4 is 34.1 Å². The number of hydrogen-bond acceptors (Lipinski definition) is 6. The average molecular weight is 458 g/mol. The van der Waals surface area contributed by atoms with E-state index in [4.69, 9.17) is 5.73 Å². The van der Waals surface area contributed by atoms with Gasteiger partial charge in [0.15, 0.2) is 11.6 Å². The zero-order chi connectivity index (χ0) is 23.8. The minimum Gasteiger partial charge on any atom is -0.365 e. The molecule has 1 fully saturated rings. The van der Waals surface area contributed by atoms with Gasteiger partial charge >= 0.3 is 0 Å². The molecule has 0 radical (unpaired) electrons.